The van der Waals surface area contributed by atoms with E-state index in [9.17, 15) is 23.6 Å². The Bertz CT molecular complexity index is 1560. The van der Waals surface area contributed by atoms with Gasteiger partial charge in [0.2, 0.25) is 5.76 Å². The maximum atomic E-state index is 13.7. The van der Waals surface area contributed by atoms with Crippen LogP contribution in [-0.4, -0.2) is 33.5 Å². The number of urea groups is 1. The highest BCUT2D eigenvalue weighted by atomic mass is 19.1. The lowest BCUT2D eigenvalue weighted by molar-refractivity contribution is -0.122. The van der Waals surface area contributed by atoms with Gasteiger partial charge >= 0.3 is 12.0 Å². The number of aromatic nitrogens is 1. The van der Waals surface area contributed by atoms with E-state index in [0.717, 1.165) is 11.6 Å². The van der Waals surface area contributed by atoms with Crippen molar-refractivity contribution in [3.63, 3.8) is 0 Å². The summed E-state index contributed by atoms with van der Waals surface area (Å²) in [6.07, 6.45) is 3.05. The number of carbonyl (C=O) groups excluding carboxylic acids is 3. The van der Waals surface area contributed by atoms with Gasteiger partial charge in [-0.15, -0.1) is 0 Å². The van der Waals surface area contributed by atoms with Crippen molar-refractivity contribution >= 4 is 46.5 Å². The summed E-state index contributed by atoms with van der Waals surface area (Å²) >= 11 is 0. The van der Waals surface area contributed by atoms with E-state index >= 15 is 0 Å². The van der Waals surface area contributed by atoms with Gasteiger partial charge in [0.05, 0.1) is 12.2 Å². The van der Waals surface area contributed by atoms with Crippen molar-refractivity contribution < 1.29 is 33.1 Å². The molecule has 4 amide bonds. The van der Waals surface area contributed by atoms with Crippen LogP contribution in [0.5, 0.6) is 0 Å². The lowest BCUT2D eigenvalue weighted by Gasteiger charge is -2.26. The Morgan fingerprint density at radius 2 is 1.86 bits per heavy atom. The van der Waals surface area contributed by atoms with Gasteiger partial charge in [-0.25, -0.2) is 18.9 Å². The van der Waals surface area contributed by atoms with Crippen LogP contribution in [-0.2, 0) is 16.1 Å². The number of carbonyl (C=O) groups is 4. The summed E-state index contributed by atoms with van der Waals surface area (Å²) in [7, 11) is 0. The molecule has 2 aromatic carbocycles. The first-order valence-corrected chi connectivity index (χ1v) is 10.4. The number of nitrogens with zero attached hydrogens (tertiary/aromatic N) is 2. The van der Waals surface area contributed by atoms with Crippen molar-refractivity contribution in [1.29, 1.82) is 0 Å². The number of hydrogen-bond acceptors (Lipinski definition) is 5. The zero-order valence-corrected chi connectivity index (χ0v) is 17.9. The summed E-state index contributed by atoms with van der Waals surface area (Å²) in [5.41, 5.74) is 0.940. The predicted octanol–water partition coefficient (Wildman–Crippen LogP) is 3.79. The normalized spacial score (nSPS) is 15.2. The summed E-state index contributed by atoms with van der Waals surface area (Å²) in [5, 5.41) is 11.9. The van der Waals surface area contributed by atoms with Crippen LogP contribution in [0.3, 0.4) is 0 Å². The van der Waals surface area contributed by atoms with Crippen molar-refractivity contribution in [2.24, 2.45) is 0 Å². The number of para-hydroxylation sites is 1. The third-order valence-corrected chi connectivity index (χ3v) is 5.49. The number of imide groups is 2. The minimum atomic E-state index is -1.18. The fraction of sp³-hybridized carbons (Fsp3) is 0.0400. The van der Waals surface area contributed by atoms with Gasteiger partial charge in [-0.2, -0.15) is 0 Å². The Balaban J connectivity index is 1.55. The molecule has 174 valence electrons. The van der Waals surface area contributed by atoms with Gasteiger partial charge in [-0.05, 0) is 42.5 Å². The Labute approximate surface area is 196 Å². The predicted molar refractivity (Wildman–Crippen MR) is 122 cm³/mol. The molecule has 2 N–H and O–H groups in total. The minimum absolute atomic E-state index is 0.0135. The first kappa shape index (κ1) is 21.8. The molecule has 35 heavy (non-hydrogen) atoms. The highest BCUT2D eigenvalue weighted by Gasteiger charge is 2.37. The molecule has 0 radical (unpaired) electrons. The number of rotatable bonds is 5. The molecule has 1 saturated heterocycles. The van der Waals surface area contributed by atoms with Gasteiger partial charge in [0.15, 0.2) is 0 Å². The van der Waals surface area contributed by atoms with E-state index in [2.05, 4.69) is 5.32 Å². The molecule has 9 nitrogen and oxygen atoms in total. The average molecular weight is 473 g/mol. The van der Waals surface area contributed by atoms with Gasteiger partial charge in [-0.1, -0.05) is 24.3 Å². The lowest BCUT2D eigenvalue weighted by Crippen LogP contribution is -2.54. The highest BCUT2D eigenvalue weighted by molar-refractivity contribution is 6.39. The molecule has 1 aliphatic heterocycles. The number of nitrogens with one attached hydrogen (secondary N) is 1. The van der Waals surface area contributed by atoms with Crippen molar-refractivity contribution in [3.8, 4) is 0 Å². The van der Waals surface area contributed by atoms with Crippen LogP contribution >= 0.6 is 0 Å². The second-order valence-electron chi connectivity index (χ2n) is 7.74. The molecule has 0 atom stereocenters. The van der Waals surface area contributed by atoms with Crippen molar-refractivity contribution in [1.82, 2.24) is 9.88 Å². The molecular formula is C25H16FN3O6. The van der Waals surface area contributed by atoms with Crippen LogP contribution in [0.15, 0.2) is 76.9 Å². The molecule has 2 aromatic heterocycles. The number of carboxylic acid groups (broad SMARTS) is 1. The molecular weight excluding hydrogens is 457 g/mol. The third kappa shape index (κ3) is 3.97. The van der Waals surface area contributed by atoms with E-state index in [0.29, 0.717) is 21.6 Å². The van der Waals surface area contributed by atoms with E-state index in [1.807, 2.05) is 12.1 Å². The first-order valence-electron chi connectivity index (χ1n) is 10.4. The average Bonchev–Trinajstić information content (AvgIpc) is 3.42. The Hall–Kier alpha value is -4.99. The molecule has 10 heteroatoms. The molecule has 3 heterocycles. The van der Waals surface area contributed by atoms with Crippen LogP contribution in [0.25, 0.3) is 17.0 Å². The van der Waals surface area contributed by atoms with E-state index in [4.69, 9.17) is 9.52 Å². The Morgan fingerprint density at radius 1 is 1.06 bits per heavy atom. The van der Waals surface area contributed by atoms with Crippen LogP contribution in [0.1, 0.15) is 21.9 Å². The topological polar surface area (TPSA) is 122 Å². The number of benzene rings is 2. The third-order valence-electron chi connectivity index (χ3n) is 5.49. The van der Waals surface area contributed by atoms with Gasteiger partial charge in [0.25, 0.3) is 11.8 Å². The number of barbiturate groups is 1. The highest BCUT2D eigenvalue weighted by Crippen LogP contribution is 2.27. The molecule has 1 aliphatic rings. The van der Waals surface area contributed by atoms with E-state index in [1.165, 1.54) is 30.3 Å². The molecule has 0 unspecified atom stereocenters. The molecule has 4 aromatic rings. The second kappa shape index (κ2) is 8.41. The van der Waals surface area contributed by atoms with Crippen LogP contribution in [0, 0.1) is 5.82 Å². The van der Waals surface area contributed by atoms with Crippen molar-refractivity contribution in [2.45, 2.75) is 6.54 Å². The molecule has 0 spiro atoms. The standard InChI is InChI=1S/C25H16FN3O6/c26-15-4-3-5-16(11-15)29-23(31)19(22(30)27-25(29)34)10-14-12-28(20-7-2-1-6-18(14)20)13-17-8-9-21(35-17)24(32)33/h1-12H,13H2,(H,32,33)(H,27,30,34)/b19-10+. The Kier molecular flexibility index (Phi) is 5.25. The molecule has 5 rings (SSSR count). The molecule has 0 bridgehead atoms. The van der Waals surface area contributed by atoms with Crippen LogP contribution < -0.4 is 10.2 Å². The number of halogens is 1. The van der Waals surface area contributed by atoms with Crippen molar-refractivity contribution in [2.75, 3.05) is 4.90 Å². The molecule has 0 aliphatic carbocycles. The number of aromatic carboxylic acids is 1. The summed E-state index contributed by atoms with van der Waals surface area (Å²) in [4.78, 5) is 49.9. The molecule has 0 saturated carbocycles. The van der Waals surface area contributed by atoms with Crippen LogP contribution in [0.2, 0.25) is 0 Å². The maximum Gasteiger partial charge on any atom is 0.371 e. The summed E-state index contributed by atoms with van der Waals surface area (Å²) in [6, 6.07) is 14.1. The zero-order valence-electron chi connectivity index (χ0n) is 17.9. The summed E-state index contributed by atoms with van der Waals surface area (Å²) in [6.45, 7) is 0.199. The summed E-state index contributed by atoms with van der Waals surface area (Å²) in [5.74, 6) is -3.38. The molecule has 1 fully saturated rings. The fourth-order valence-corrected chi connectivity index (χ4v) is 3.93. The monoisotopic (exact) mass is 473 g/mol. The Morgan fingerprint density at radius 3 is 2.60 bits per heavy atom. The number of furan rings is 1. The number of fused-ring (bicyclic) bond motifs is 1. The number of hydrogen-bond donors (Lipinski definition) is 2. The largest absolute Gasteiger partial charge is 0.475 e. The fourth-order valence-electron chi connectivity index (χ4n) is 3.93. The van der Waals surface area contributed by atoms with E-state index in [-0.39, 0.29) is 23.6 Å². The van der Waals surface area contributed by atoms with Crippen molar-refractivity contribution in [3.05, 3.63) is 95.3 Å². The number of anilines is 1. The summed E-state index contributed by atoms with van der Waals surface area (Å²) < 4.78 is 20.8. The smallest absolute Gasteiger partial charge is 0.371 e. The van der Waals surface area contributed by atoms with Gasteiger partial charge in [0, 0.05) is 22.7 Å². The quantitative estimate of drug-likeness (QED) is 0.336. The van der Waals surface area contributed by atoms with E-state index in [1.54, 1.807) is 29.0 Å². The maximum absolute atomic E-state index is 13.7. The van der Waals surface area contributed by atoms with E-state index < -0.39 is 29.6 Å². The van der Waals surface area contributed by atoms with Gasteiger partial charge < -0.3 is 14.1 Å². The van der Waals surface area contributed by atoms with Gasteiger partial charge in [0.1, 0.15) is 17.2 Å². The van der Waals surface area contributed by atoms with Crippen LogP contribution in [0.4, 0.5) is 14.9 Å². The number of amides is 4. The lowest BCUT2D eigenvalue weighted by atomic mass is 10.1. The van der Waals surface area contributed by atoms with Gasteiger partial charge in [-0.3, -0.25) is 14.9 Å². The second-order valence-corrected chi connectivity index (χ2v) is 7.74. The zero-order chi connectivity index (χ0) is 24.7. The minimum Gasteiger partial charge on any atom is -0.475 e. The number of carboxylic acids is 1. The first-order chi connectivity index (χ1) is 16.8. The SMILES string of the molecule is O=C1NC(=O)N(c2cccc(F)c2)C(=O)/C1=C/c1cn(Cc2ccc(C(=O)O)o2)c2ccccc12.